The Hall–Kier alpha value is -1.62. The SMILES string of the molecule is Cc1nnc(-c2cccc(Cl)c2F)nn1. The molecule has 6 heteroatoms. The summed E-state index contributed by atoms with van der Waals surface area (Å²) in [4.78, 5) is 0. The molecule has 0 aliphatic rings. The van der Waals surface area contributed by atoms with E-state index in [1.165, 1.54) is 12.1 Å². The van der Waals surface area contributed by atoms with Crippen molar-refractivity contribution in [1.82, 2.24) is 20.4 Å². The summed E-state index contributed by atoms with van der Waals surface area (Å²) in [5.41, 5.74) is 0.197. The number of aromatic nitrogens is 4. The highest BCUT2D eigenvalue weighted by atomic mass is 35.5. The first kappa shape index (κ1) is 9.92. The van der Waals surface area contributed by atoms with Crippen LogP contribution in [0.25, 0.3) is 11.4 Å². The largest absolute Gasteiger partial charge is 0.206 e. The second-order valence-electron chi connectivity index (χ2n) is 2.87. The summed E-state index contributed by atoms with van der Waals surface area (Å²) >= 11 is 5.62. The number of rotatable bonds is 1. The average Bonchev–Trinajstić information content (AvgIpc) is 2.24. The Morgan fingerprint density at radius 3 is 2.47 bits per heavy atom. The maximum absolute atomic E-state index is 13.5. The molecule has 0 bridgehead atoms. The molecule has 1 aromatic carbocycles. The molecule has 0 saturated heterocycles. The molecular formula is C9H6ClFN4. The minimum atomic E-state index is -0.563. The lowest BCUT2D eigenvalue weighted by molar-refractivity contribution is 0.628. The van der Waals surface area contributed by atoms with E-state index in [0.29, 0.717) is 5.82 Å². The van der Waals surface area contributed by atoms with Crippen molar-refractivity contribution in [3.63, 3.8) is 0 Å². The van der Waals surface area contributed by atoms with Gasteiger partial charge in [0.2, 0.25) is 5.82 Å². The van der Waals surface area contributed by atoms with E-state index in [2.05, 4.69) is 20.4 Å². The van der Waals surface area contributed by atoms with Gasteiger partial charge in [0.1, 0.15) is 0 Å². The number of hydrogen-bond donors (Lipinski definition) is 0. The molecule has 0 radical (unpaired) electrons. The van der Waals surface area contributed by atoms with Crippen LogP contribution in [0.4, 0.5) is 4.39 Å². The molecule has 15 heavy (non-hydrogen) atoms. The minimum absolute atomic E-state index is 0.0247. The van der Waals surface area contributed by atoms with E-state index in [9.17, 15) is 4.39 Å². The average molecular weight is 225 g/mol. The van der Waals surface area contributed by atoms with Gasteiger partial charge in [0.05, 0.1) is 10.6 Å². The molecule has 1 heterocycles. The van der Waals surface area contributed by atoms with Gasteiger partial charge in [-0.3, -0.25) is 0 Å². The van der Waals surface area contributed by atoms with Crippen molar-refractivity contribution in [2.24, 2.45) is 0 Å². The first-order chi connectivity index (χ1) is 7.18. The van der Waals surface area contributed by atoms with Crippen LogP contribution in [0.2, 0.25) is 5.02 Å². The van der Waals surface area contributed by atoms with Crippen molar-refractivity contribution in [3.8, 4) is 11.4 Å². The lowest BCUT2D eigenvalue weighted by atomic mass is 10.2. The summed E-state index contributed by atoms with van der Waals surface area (Å²) in [5, 5.41) is 14.9. The highest BCUT2D eigenvalue weighted by Crippen LogP contribution is 2.23. The van der Waals surface area contributed by atoms with Crippen molar-refractivity contribution < 1.29 is 4.39 Å². The molecule has 2 aromatic rings. The standard InChI is InChI=1S/C9H6ClFN4/c1-5-12-14-9(15-13-5)6-3-2-4-7(10)8(6)11/h2-4H,1H3. The topological polar surface area (TPSA) is 51.6 Å². The summed E-state index contributed by atoms with van der Waals surface area (Å²) in [6, 6.07) is 4.59. The summed E-state index contributed by atoms with van der Waals surface area (Å²) in [6.45, 7) is 1.65. The van der Waals surface area contributed by atoms with E-state index in [-0.39, 0.29) is 16.4 Å². The number of aryl methyl sites for hydroxylation is 1. The molecule has 0 spiro atoms. The number of hydrogen-bond acceptors (Lipinski definition) is 4. The van der Waals surface area contributed by atoms with Gasteiger partial charge < -0.3 is 0 Å². The van der Waals surface area contributed by atoms with Crippen LogP contribution >= 0.6 is 11.6 Å². The molecule has 2 rings (SSSR count). The Morgan fingerprint density at radius 1 is 1.13 bits per heavy atom. The predicted molar refractivity (Wildman–Crippen MR) is 52.8 cm³/mol. The van der Waals surface area contributed by atoms with Gasteiger partial charge in [0.25, 0.3) is 0 Å². The lowest BCUT2D eigenvalue weighted by Gasteiger charge is -2.01. The van der Waals surface area contributed by atoms with E-state index in [4.69, 9.17) is 11.6 Å². The Labute approximate surface area is 90.1 Å². The van der Waals surface area contributed by atoms with Gasteiger partial charge >= 0.3 is 0 Å². The molecule has 1 aromatic heterocycles. The summed E-state index contributed by atoms with van der Waals surface area (Å²) in [5.74, 6) is -0.00611. The van der Waals surface area contributed by atoms with Gasteiger partial charge in [0, 0.05) is 0 Å². The number of halogens is 2. The zero-order valence-electron chi connectivity index (χ0n) is 7.78. The second-order valence-corrected chi connectivity index (χ2v) is 3.28. The van der Waals surface area contributed by atoms with Crippen LogP contribution in [-0.2, 0) is 0 Å². The van der Waals surface area contributed by atoms with E-state index in [0.717, 1.165) is 0 Å². The highest BCUT2D eigenvalue weighted by molar-refractivity contribution is 6.31. The summed E-state index contributed by atoms with van der Waals surface area (Å²) in [6.07, 6.45) is 0. The van der Waals surface area contributed by atoms with Crippen LogP contribution in [0.5, 0.6) is 0 Å². The first-order valence-electron chi connectivity index (χ1n) is 4.17. The van der Waals surface area contributed by atoms with Crippen LogP contribution in [0, 0.1) is 12.7 Å². The number of benzene rings is 1. The molecule has 0 saturated carbocycles. The molecule has 0 fully saturated rings. The zero-order chi connectivity index (χ0) is 10.8. The van der Waals surface area contributed by atoms with E-state index >= 15 is 0 Å². The van der Waals surface area contributed by atoms with Crippen molar-refractivity contribution in [2.75, 3.05) is 0 Å². The fourth-order valence-electron chi connectivity index (χ4n) is 1.06. The molecule has 4 nitrogen and oxygen atoms in total. The molecule has 0 N–H and O–H groups in total. The second kappa shape index (κ2) is 3.86. The van der Waals surface area contributed by atoms with Crippen molar-refractivity contribution in [1.29, 1.82) is 0 Å². The highest BCUT2D eigenvalue weighted by Gasteiger charge is 2.11. The molecule has 0 amide bonds. The van der Waals surface area contributed by atoms with Gasteiger partial charge in [-0.2, -0.15) is 0 Å². The van der Waals surface area contributed by atoms with Crippen molar-refractivity contribution >= 4 is 11.6 Å². The van der Waals surface area contributed by atoms with E-state index in [1.807, 2.05) is 0 Å². The monoisotopic (exact) mass is 224 g/mol. The van der Waals surface area contributed by atoms with Gasteiger partial charge in [-0.1, -0.05) is 17.7 Å². The summed E-state index contributed by atoms with van der Waals surface area (Å²) < 4.78 is 13.5. The van der Waals surface area contributed by atoms with Crippen LogP contribution in [0.1, 0.15) is 5.82 Å². The van der Waals surface area contributed by atoms with Crippen molar-refractivity contribution in [2.45, 2.75) is 6.92 Å². The molecule has 0 aliphatic heterocycles. The third-order valence-electron chi connectivity index (χ3n) is 1.77. The third kappa shape index (κ3) is 1.92. The fourth-order valence-corrected chi connectivity index (χ4v) is 1.24. The number of nitrogens with zero attached hydrogens (tertiary/aromatic N) is 4. The van der Waals surface area contributed by atoms with Gasteiger partial charge in [-0.25, -0.2) is 4.39 Å². The molecular weight excluding hydrogens is 219 g/mol. The molecule has 0 atom stereocenters. The maximum Gasteiger partial charge on any atom is 0.206 e. The predicted octanol–water partition coefficient (Wildman–Crippen LogP) is 2.03. The lowest BCUT2D eigenvalue weighted by Crippen LogP contribution is -2.00. The van der Waals surface area contributed by atoms with Crippen LogP contribution in [-0.4, -0.2) is 20.4 Å². The normalized spacial score (nSPS) is 10.3. The summed E-state index contributed by atoms with van der Waals surface area (Å²) in [7, 11) is 0. The van der Waals surface area contributed by atoms with Crippen molar-refractivity contribution in [3.05, 3.63) is 34.9 Å². The quantitative estimate of drug-likeness (QED) is 0.744. The smallest absolute Gasteiger partial charge is 0.205 e. The molecule has 76 valence electrons. The van der Waals surface area contributed by atoms with E-state index < -0.39 is 5.82 Å². The van der Waals surface area contributed by atoms with E-state index in [1.54, 1.807) is 13.0 Å². The third-order valence-corrected chi connectivity index (χ3v) is 2.06. The van der Waals surface area contributed by atoms with Crippen LogP contribution in [0.3, 0.4) is 0 Å². The maximum atomic E-state index is 13.5. The first-order valence-corrected chi connectivity index (χ1v) is 4.54. The Bertz CT molecular complexity index is 486. The van der Waals surface area contributed by atoms with Gasteiger partial charge in [-0.15, -0.1) is 20.4 Å². The van der Waals surface area contributed by atoms with Crippen LogP contribution in [0.15, 0.2) is 18.2 Å². The minimum Gasteiger partial charge on any atom is -0.205 e. The zero-order valence-corrected chi connectivity index (χ0v) is 8.53. The Morgan fingerprint density at radius 2 is 1.80 bits per heavy atom. The van der Waals surface area contributed by atoms with Gasteiger partial charge in [-0.05, 0) is 19.1 Å². The van der Waals surface area contributed by atoms with Crippen LogP contribution < -0.4 is 0 Å². The van der Waals surface area contributed by atoms with Gasteiger partial charge in [0.15, 0.2) is 11.6 Å². The fraction of sp³-hybridized carbons (Fsp3) is 0.111. The Balaban J connectivity index is 2.54. The Kier molecular flexibility index (Phi) is 2.55. The molecule has 0 aliphatic carbocycles. The molecule has 0 unspecified atom stereocenters.